The fraction of sp³-hybridized carbons (Fsp3) is 0.111. The van der Waals surface area contributed by atoms with E-state index in [1.165, 1.54) is 30.2 Å². The first-order valence-corrected chi connectivity index (χ1v) is 9.13. The number of hydrogen-bond donors (Lipinski definition) is 0. The van der Waals surface area contributed by atoms with Crippen LogP contribution in [0.1, 0.15) is 11.1 Å². The van der Waals surface area contributed by atoms with E-state index in [-0.39, 0.29) is 0 Å². The van der Waals surface area contributed by atoms with Crippen LogP contribution in [0.2, 0.25) is 10.0 Å². The molecule has 0 saturated heterocycles. The third kappa shape index (κ3) is 4.69. The third-order valence-electron chi connectivity index (χ3n) is 3.50. The molecule has 134 valence electrons. The summed E-state index contributed by atoms with van der Waals surface area (Å²) in [7, 11) is 0. The van der Waals surface area contributed by atoms with Crippen LogP contribution >= 0.6 is 35.0 Å². The molecule has 0 aliphatic carbocycles. The highest BCUT2D eigenvalue weighted by atomic mass is 35.5. The average molecular weight is 415 g/mol. The van der Waals surface area contributed by atoms with Gasteiger partial charge in [0.15, 0.2) is 5.16 Å². The largest absolute Gasteiger partial charge is 0.416 e. The van der Waals surface area contributed by atoms with Crippen molar-refractivity contribution in [1.29, 1.82) is 0 Å². The molecule has 0 aliphatic rings. The number of halogens is 5. The Morgan fingerprint density at radius 3 is 2.27 bits per heavy atom. The summed E-state index contributed by atoms with van der Waals surface area (Å²) in [5.74, 6) is 0.597. The predicted octanol–water partition coefficient (Wildman–Crippen LogP) is 6.76. The van der Waals surface area contributed by atoms with E-state index in [2.05, 4.69) is 9.97 Å². The first kappa shape index (κ1) is 19.0. The summed E-state index contributed by atoms with van der Waals surface area (Å²) in [6, 6.07) is 10.4. The zero-order chi connectivity index (χ0) is 18.7. The van der Waals surface area contributed by atoms with Crippen molar-refractivity contribution < 1.29 is 13.2 Å². The van der Waals surface area contributed by atoms with E-state index in [0.717, 1.165) is 17.7 Å². The van der Waals surface area contributed by atoms with E-state index in [4.69, 9.17) is 23.2 Å². The number of nitrogens with zero attached hydrogens (tertiary/aromatic N) is 2. The van der Waals surface area contributed by atoms with E-state index in [0.29, 0.717) is 32.1 Å². The highest BCUT2D eigenvalue weighted by Crippen LogP contribution is 2.32. The summed E-state index contributed by atoms with van der Waals surface area (Å²) in [5.41, 5.74) is 1.21. The molecule has 2 nitrogen and oxygen atoms in total. The maximum absolute atomic E-state index is 12.8. The van der Waals surface area contributed by atoms with Crippen LogP contribution < -0.4 is 0 Å². The normalized spacial score (nSPS) is 11.6. The van der Waals surface area contributed by atoms with Gasteiger partial charge < -0.3 is 0 Å². The van der Waals surface area contributed by atoms with Gasteiger partial charge in [-0.2, -0.15) is 13.2 Å². The fourth-order valence-electron chi connectivity index (χ4n) is 2.19. The van der Waals surface area contributed by atoms with Gasteiger partial charge in [-0.25, -0.2) is 9.97 Å². The van der Waals surface area contributed by atoms with Crippen LogP contribution in [0.3, 0.4) is 0 Å². The second-order valence-electron chi connectivity index (χ2n) is 5.37. The first-order chi connectivity index (χ1) is 12.3. The van der Waals surface area contributed by atoms with Crippen molar-refractivity contribution in [3.8, 4) is 11.1 Å². The number of alkyl halides is 3. The van der Waals surface area contributed by atoms with E-state index in [9.17, 15) is 13.2 Å². The number of thioether (sulfide) groups is 1. The van der Waals surface area contributed by atoms with Crippen molar-refractivity contribution in [1.82, 2.24) is 9.97 Å². The second-order valence-corrected chi connectivity index (χ2v) is 7.13. The van der Waals surface area contributed by atoms with Crippen LogP contribution in [-0.4, -0.2) is 9.97 Å². The molecule has 0 bridgehead atoms. The number of rotatable bonds is 4. The highest BCUT2D eigenvalue weighted by Gasteiger charge is 2.30. The molecule has 2 aromatic carbocycles. The van der Waals surface area contributed by atoms with Gasteiger partial charge in [-0.1, -0.05) is 53.2 Å². The van der Waals surface area contributed by atoms with Crippen LogP contribution in [0, 0.1) is 0 Å². The molecule has 26 heavy (non-hydrogen) atoms. The number of hydrogen-bond acceptors (Lipinski definition) is 3. The summed E-state index contributed by atoms with van der Waals surface area (Å²) >= 11 is 13.3. The summed E-state index contributed by atoms with van der Waals surface area (Å²) in [5, 5.41) is 1.49. The molecule has 0 unspecified atom stereocenters. The van der Waals surface area contributed by atoms with Gasteiger partial charge in [0, 0.05) is 23.7 Å². The number of aromatic nitrogens is 2. The maximum Gasteiger partial charge on any atom is 0.416 e. The highest BCUT2D eigenvalue weighted by molar-refractivity contribution is 7.98. The molecule has 0 amide bonds. The van der Waals surface area contributed by atoms with E-state index in [1.54, 1.807) is 18.2 Å². The van der Waals surface area contributed by atoms with Crippen LogP contribution in [0.4, 0.5) is 13.2 Å². The van der Waals surface area contributed by atoms with E-state index in [1.807, 2.05) is 6.07 Å². The Bertz CT molecular complexity index is 915. The molecule has 0 N–H and O–H groups in total. The lowest BCUT2D eigenvalue weighted by molar-refractivity contribution is -0.137. The van der Waals surface area contributed by atoms with Crippen molar-refractivity contribution in [2.45, 2.75) is 17.1 Å². The Hall–Kier alpha value is -1.76. The minimum Gasteiger partial charge on any atom is -0.230 e. The first-order valence-electron chi connectivity index (χ1n) is 7.39. The average Bonchev–Trinajstić information content (AvgIpc) is 2.62. The Labute approximate surface area is 162 Å². The molecular weight excluding hydrogens is 404 g/mol. The van der Waals surface area contributed by atoms with Crippen LogP contribution in [0.15, 0.2) is 60.0 Å². The lowest BCUT2D eigenvalue weighted by Gasteiger charge is -2.09. The van der Waals surface area contributed by atoms with Gasteiger partial charge in [-0.05, 0) is 35.4 Å². The standard InChI is InChI=1S/C18H11Cl2F3N2S/c19-15-5-4-11(6-16(15)20)10-26-17-24-8-13(9-25-17)12-2-1-3-14(7-12)18(21,22)23/h1-9H,10H2. The quantitative estimate of drug-likeness (QED) is 0.348. The Balaban J connectivity index is 1.71. The van der Waals surface area contributed by atoms with Gasteiger partial charge in [0.2, 0.25) is 0 Å². The van der Waals surface area contributed by atoms with Gasteiger partial charge in [-0.15, -0.1) is 0 Å². The summed E-state index contributed by atoms with van der Waals surface area (Å²) in [6.07, 6.45) is -1.36. The van der Waals surface area contributed by atoms with Crippen molar-refractivity contribution in [3.63, 3.8) is 0 Å². The smallest absolute Gasteiger partial charge is 0.230 e. The summed E-state index contributed by atoms with van der Waals surface area (Å²) in [4.78, 5) is 8.43. The predicted molar refractivity (Wildman–Crippen MR) is 98.5 cm³/mol. The second kappa shape index (κ2) is 7.86. The minimum atomic E-state index is -4.38. The zero-order valence-electron chi connectivity index (χ0n) is 13.1. The molecule has 8 heteroatoms. The van der Waals surface area contributed by atoms with Gasteiger partial charge >= 0.3 is 6.18 Å². The van der Waals surface area contributed by atoms with Crippen molar-refractivity contribution in [2.75, 3.05) is 0 Å². The maximum atomic E-state index is 12.8. The Morgan fingerprint density at radius 1 is 0.885 bits per heavy atom. The molecule has 0 aliphatic heterocycles. The number of benzene rings is 2. The minimum absolute atomic E-state index is 0.417. The molecular formula is C18H11Cl2F3N2S. The van der Waals surface area contributed by atoms with E-state index < -0.39 is 11.7 Å². The van der Waals surface area contributed by atoms with Gasteiger partial charge in [-0.3, -0.25) is 0 Å². The van der Waals surface area contributed by atoms with Crippen molar-refractivity contribution in [2.24, 2.45) is 0 Å². The Kier molecular flexibility index (Phi) is 5.75. The van der Waals surface area contributed by atoms with Crippen LogP contribution in [0.5, 0.6) is 0 Å². The molecule has 3 aromatic rings. The fourth-order valence-corrected chi connectivity index (χ4v) is 3.24. The lowest BCUT2D eigenvalue weighted by atomic mass is 10.1. The van der Waals surface area contributed by atoms with Gasteiger partial charge in [0.1, 0.15) is 0 Å². The molecule has 0 radical (unpaired) electrons. The monoisotopic (exact) mass is 414 g/mol. The Morgan fingerprint density at radius 2 is 1.62 bits per heavy atom. The van der Waals surface area contributed by atoms with Gasteiger partial charge in [0.25, 0.3) is 0 Å². The summed E-state index contributed by atoms with van der Waals surface area (Å²) in [6.45, 7) is 0. The SMILES string of the molecule is FC(F)(F)c1cccc(-c2cnc(SCc3ccc(Cl)c(Cl)c3)nc2)c1. The molecule has 0 atom stereocenters. The molecule has 0 fully saturated rings. The topological polar surface area (TPSA) is 25.8 Å². The third-order valence-corrected chi connectivity index (χ3v) is 5.19. The molecule has 3 rings (SSSR count). The molecule has 0 spiro atoms. The zero-order valence-corrected chi connectivity index (χ0v) is 15.4. The van der Waals surface area contributed by atoms with E-state index >= 15 is 0 Å². The van der Waals surface area contributed by atoms with Crippen molar-refractivity contribution in [3.05, 3.63) is 76.0 Å². The lowest BCUT2D eigenvalue weighted by Crippen LogP contribution is -2.04. The molecule has 1 aromatic heterocycles. The van der Waals surface area contributed by atoms with Gasteiger partial charge in [0.05, 0.1) is 15.6 Å². The summed E-state index contributed by atoms with van der Waals surface area (Å²) < 4.78 is 38.4. The molecule has 0 saturated carbocycles. The molecule has 1 heterocycles. The van der Waals surface area contributed by atoms with Crippen LogP contribution in [-0.2, 0) is 11.9 Å². The van der Waals surface area contributed by atoms with Crippen molar-refractivity contribution >= 4 is 35.0 Å². The van der Waals surface area contributed by atoms with Crippen LogP contribution in [0.25, 0.3) is 11.1 Å².